The molecule has 0 fully saturated rings. The summed E-state index contributed by atoms with van der Waals surface area (Å²) in [5, 5.41) is 6.42. The molecule has 116 valence electrons. The minimum absolute atomic E-state index is 0.151. The second-order valence-corrected chi connectivity index (χ2v) is 6.06. The second-order valence-electron chi connectivity index (χ2n) is 4.71. The lowest BCUT2D eigenvalue weighted by Gasteiger charge is -2.12. The van der Waals surface area contributed by atoms with E-state index >= 15 is 0 Å². The van der Waals surface area contributed by atoms with E-state index in [1.54, 1.807) is 25.3 Å². The summed E-state index contributed by atoms with van der Waals surface area (Å²) in [4.78, 5) is 12.1. The fraction of sp³-hybridized carbons (Fsp3) is 0.188. The van der Waals surface area contributed by atoms with Gasteiger partial charge in [0.15, 0.2) is 0 Å². The third-order valence-corrected chi connectivity index (χ3v) is 3.79. The molecule has 0 aliphatic carbocycles. The van der Waals surface area contributed by atoms with E-state index in [1.165, 1.54) is 0 Å². The second kappa shape index (κ2) is 7.51. The topological polar surface area (TPSA) is 50.4 Å². The van der Waals surface area contributed by atoms with Gasteiger partial charge in [-0.25, -0.2) is 0 Å². The van der Waals surface area contributed by atoms with Gasteiger partial charge in [-0.05, 0) is 48.9 Å². The van der Waals surface area contributed by atoms with Gasteiger partial charge in [0.2, 0.25) is 5.91 Å². The summed E-state index contributed by atoms with van der Waals surface area (Å²) in [7, 11) is 1.54. The van der Waals surface area contributed by atoms with Gasteiger partial charge in [0, 0.05) is 15.2 Å². The standard InChI is InChI=1S/C16H16BrClN2O2/c1-10-7-11(17)3-5-13(10)19-9-16(21)20-14-8-12(18)4-6-15(14)22-2/h3-8,19H,9H2,1-2H3,(H,20,21). The number of hydrogen-bond donors (Lipinski definition) is 2. The van der Waals surface area contributed by atoms with Gasteiger partial charge in [-0.15, -0.1) is 0 Å². The molecule has 2 N–H and O–H groups in total. The first-order chi connectivity index (χ1) is 10.5. The molecule has 0 radical (unpaired) electrons. The first-order valence-corrected chi connectivity index (χ1v) is 7.80. The third kappa shape index (κ3) is 4.39. The molecule has 22 heavy (non-hydrogen) atoms. The maximum Gasteiger partial charge on any atom is 0.243 e. The molecule has 0 atom stereocenters. The van der Waals surface area contributed by atoms with Crippen molar-refractivity contribution in [2.45, 2.75) is 6.92 Å². The Labute approximate surface area is 142 Å². The number of nitrogens with one attached hydrogen (secondary N) is 2. The molecule has 0 aliphatic heterocycles. The summed E-state index contributed by atoms with van der Waals surface area (Å²) in [6.45, 7) is 2.13. The Kier molecular flexibility index (Phi) is 5.69. The highest BCUT2D eigenvalue weighted by atomic mass is 79.9. The van der Waals surface area contributed by atoms with Crippen molar-refractivity contribution in [3.8, 4) is 5.75 Å². The average molecular weight is 384 g/mol. The van der Waals surface area contributed by atoms with E-state index in [2.05, 4.69) is 26.6 Å². The average Bonchev–Trinajstić information content (AvgIpc) is 2.46. The van der Waals surface area contributed by atoms with Crippen LogP contribution in [0.1, 0.15) is 5.56 Å². The van der Waals surface area contributed by atoms with Crippen molar-refractivity contribution >= 4 is 44.8 Å². The van der Waals surface area contributed by atoms with Crippen molar-refractivity contribution in [2.75, 3.05) is 24.3 Å². The van der Waals surface area contributed by atoms with E-state index in [-0.39, 0.29) is 12.5 Å². The molecule has 1 amide bonds. The van der Waals surface area contributed by atoms with Crippen LogP contribution in [0, 0.1) is 6.92 Å². The van der Waals surface area contributed by atoms with E-state index in [4.69, 9.17) is 16.3 Å². The van der Waals surface area contributed by atoms with Crippen LogP contribution in [-0.2, 0) is 4.79 Å². The van der Waals surface area contributed by atoms with Crippen molar-refractivity contribution in [1.29, 1.82) is 0 Å². The molecule has 0 unspecified atom stereocenters. The van der Waals surface area contributed by atoms with Crippen molar-refractivity contribution in [1.82, 2.24) is 0 Å². The van der Waals surface area contributed by atoms with E-state index in [0.717, 1.165) is 15.7 Å². The lowest BCUT2D eigenvalue weighted by Crippen LogP contribution is -2.22. The molecule has 0 spiro atoms. The maximum absolute atomic E-state index is 12.1. The Bertz CT molecular complexity index is 692. The largest absolute Gasteiger partial charge is 0.495 e. The molecule has 6 heteroatoms. The number of ether oxygens (including phenoxy) is 1. The van der Waals surface area contributed by atoms with Gasteiger partial charge in [0.1, 0.15) is 5.75 Å². The zero-order valence-electron chi connectivity index (χ0n) is 12.2. The summed E-state index contributed by atoms with van der Waals surface area (Å²) in [6.07, 6.45) is 0. The van der Waals surface area contributed by atoms with Crippen LogP contribution < -0.4 is 15.4 Å². The van der Waals surface area contributed by atoms with E-state index in [0.29, 0.717) is 16.5 Å². The first-order valence-electron chi connectivity index (χ1n) is 6.63. The maximum atomic E-state index is 12.1. The molecule has 4 nitrogen and oxygen atoms in total. The molecule has 2 rings (SSSR count). The number of methoxy groups -OCH3 is 1. The Morgan fingerprint density at radius 1 is 1.23 bits per heavy atom. The fourth-order valence-electron chi connectivity index (χ4n) is 1.97. The Balaban J connectivity index is 2.00. The van der Waals surface area contributed by atoms with Crippen molar-refractivity contribution in [2.24, 2.45) is 0 Å². The van der Waals surface area contributed by atoms with Crippen LogP contribution in [0.15, 0.2) is 40.9 Å². The van der Waals surface area contributed by atoms with Crippen molar-refractivity contribution in [3.63, 3.8) is 0 Å². The highest BCUT2D eigenvalue weighted by Gasteiger charge is 2.09. The van der Waals surface area contributed by atoms with Crippen LogP contribution in [0.2, 0.25) is 5.02 Å². The SMILES string of the molecule is COc1ccc(Cl)cc1NC(=O)CNc1ccc(Br)cc1C. The number of carbonyl (C=O) groups excluding carboxylic acids is 1. The third-order valence-electron chi connectivity index (χ3n) is 3.06. The predicted molar refractivity (Wildman–Crippen MR) is 94.0 cm³/mol. The summed E-state index contributed by atoms with van der Waals surface area (Å²) >= 11 is 9.35. The van der Waals surface area contributed by atoms with Crippen LogP contribution in [0.3, 0.4) is 0 Å². The van der Waals surface area contributed by atoms with Gasteiger partial charge in [-0.1, -0.05) is 27.5 Å². The lowest BCUT2D eigenvalue weighted by molar-refractivity contribution is -0.114. The van der Waals surface area contributed by atoms with E-state index in [1.807, 2.05) is 25.1 Å². The van der Waals surface area contributed by atoms with E-state index < -0.39 is 0 Å². The minimum atomic E-state index is -0.178. The lowest BCUT2D eigenvalue weighted by atomic mass is 10.2. The van der Waals surface area contributed by atoms with Crippen LogP contribution in [0.25, 0.3) is 0 Å². The molecule has 0 bridgehead atoms. The molecular weight excluding hydrogens is 368 g/mol. The monoisotopic (exact) mass is 382 g/mol. The highest BCUT2D eigenvalue weighted by Crippen LogP contribution is 2.27. The molecule has 0 aromatic heterocycles. The minimum Gasteiger partial charge on any atom is -0.495 e. The number of aryl methyl sites for hydroxylation is 1. The summed E-state index contributed by atoms with van der Waals surface area (Å²) < 4.78 is 6.20. The summed E-state index contributed by atoms with van der Waals surface area (Å²) in [6, 6.07) is 10.9. The smallest absolute Gasteiger partial charge is 0.243 e. The van der Waals surface area contributed by atoms with Crippen molar-refractivity contribution < 1.29 is 9.53 Å². The van der Waals surface area contributed by atoms with Crippen LogP contribution in [0.5, 0.6) is 5.75 Å². The van der Waals surface area contributed by atoms with Gasteiger partial charge < -0.3 is 15.4 Å². The molecule has 2 aromatic carbocycles. The molecule has 0 saturated carbocycles. The highest BCUT2D eigenvalue weighted by molar-refractivity contribution is 9.10. The zero-order chi connectivity index (χ0) is 16.1. The van der Waals surface area contributed by atoms with Crippen LogP contribution >= 0.6 is 27.5 Å². The molecular formula is C16H16BrClN2O2. The number of anilines is 2. The Morgan fingerprint density at radius 2 is 2.00 bits per heavy atom. The number of hydrogen-bond acceptors (Lipinski definition) is 3. The van der Waals surface area contributed by atoms with Gasteiger partial charge in [-0.3, -0.25) is 4.79 Å². The van der Waals surface area contributed by atoms with Gasteiger partial charge >= 0.3 is 0 Å². The van der Waals surface area contributed by atoms with Gasteiger partial charge in [-0.2, -0.15) is 0 Å². The van der Waals surface area contributed by atoms with Crippen LogP contribution in [-0.4, -0.2) is 19.6 Å². The quantitative estimate of drug-likeness (QED) is 0.801. The zero-order valence-corrected chi connectivity index (χ0v) is 14.6. The summed E-state index contributed by atoms with van der Waals surface area (Å²) in [5.41, 5.74) is 2.52. The van der Waals surface area contributed by atoms with E-state index in [9.17, 15) is 4.79 Å². The van der Waals surface area contributed by atoms with Gasteiger partial charge in [0.25, 0.3) is 0 Å². The Hall–Kier alpha value is -1.72. The number of benzene rings is 2. The number of halogens is 2. The molecule has 2 aromatic rings. The Morgan fingerprint density at radius 3 is 2.68 bits per heavy atom. The van der Waals surface area contributed by atoms with Crippen molar-refractivity contribution in [3.05, 3.63) is 51.5 Å². The number of amides is 1. The normalized spacial score (nSPS) is 10.2. The number of rotatable bonds is 5. The predicted octanol–water partition coefficient (Wildman–Crippen LogP) is 4.47. The number of carbonyl (C=O) groups is 1. The molecule has 0 aliphatic rings. The molecule has 0 heterocycles. The first kappa shape index (κ1) is 16.6. The van der Waals surface area contributed by atoms with Crippen LogP contribution in [0.4, 0.5) is 11.4 Å². The fourth-order valence-corrected chi connectivity index (χ4v) is 2.62. The van der Waals surface area contributed by atoms with Gasteiger partial charge in [0.05, 0.1) is 19.3 Å². The molecule has 0 saturated heterocycles. The summed E-state index contributed by atoms with van der Waals surface area (Å²) in [5.74, 6) is 0.389.